The van der Waals surface area contributed by atoms with E-state index < -0.39 is 6.04 Å². The minimum atomic E-state index is -0.793. The molecule has 0 saturated heterocycles. The van der Waals surface area contributed by atoms with Gasteiger partial charge in [-0.3, -0.25) is 9.59 Å². The number of benzene rings is 3. The molecule has 0 spiro atoms. The van der Waals surface area contributed by atoms with Gasteiger partial charge in [-0.05, 0) is 35.4 Å². The normalized spacial score (nSPS) is 11.4. The molecule has 3 aromatic carbocycles. The molecule has 0 heterocycles. The fourth-order valence-electron chi connectivity index (χ4n) is 3.10. The van der Waals surface area contributed by atoms with Gasteiger partial charge in [-0.2, -0.15) is 0 Å². The van der Waals surface area contributed by atoms with E-state index in [0.717, 1.165) is 11.1 Å². The topological polar surface area (TPSA) is 58.6 Å². The van der Waals surface area contributed by atoms with E-state index in [1.165, 1.54) is 4.90 Å². The van der Waals surface area contributed by atoms with Gasteiger partial charge in [0.2, 0.25) is 5.91 Å². The van der Waals surface area contributed by atoms with Crippen LogP contribution in [-0.4, -0.2) is 30.4 Å². The largest absolute Gasteiger partial charge is 0.484 e. The van der Waals surface area contributed by atoms with Gasteiger partial charge in [-0.25, -0.2) is 0 Å². The SMILES string of the molecule is CNC(=O)[C@@H](c1ccccc1)N(Cc1ccc(Cl)cc1)C(=O)COc1ccccc1. The van der Waals surface area contributed by atoms with Crippen molar-refractivity contribution in [1.29, 1.82) is 0 Å². The molecule has 0 saturated carbocycles. The van der Waals surface area contributed by atoms with Crippen LogP contribution in [0.2, 0.25) is 5.02 Å². The Morgan fingerprint density at radius 1 is 0.933 bits per heavy atom. The van der Waals surface area contributed by atoms with Crippen molar-refractivity contribution in [2.24, 2.45) is 0 Å². The molecule has 1 atom stereocenters. The van der Waals surface area contributed by atoms with Crippen LogP contribution in [0.1, 0.15) is 17.2 Å². The molecular formula is C24H23ClN2O3. The van der Waals surface area contributed by atoms with Crippen LogP contribution in [0, 0.1) is 0 Å². The summed E-state index contributed by atoms with van der Waals surface area (Å²) in [6.45, 7) is 0.0546. The fraction of sp³-hybridized carbons (Fsp3) is 0.167. The summed E-state index contributed by atoms with van der Waals surface area (Å²) in [6.07, 6.45) is 0. The van der Waals surface area contributed by atoms with E-state index in [-0.39, 0.29) is 25.0 Å². The highest BCUT2D eigenvalue weighted by Crippen LogP contribution is 2.24. The maximum atomic E-state index is 13.2. The van der Waals surface area contributed by atoms with Crippen LogP contribution in [0.3, 0.4) is 0 Å². The van der Waals surface area contributed by atoms with Crippen molar-refractivity contribution < 1.29 is 14.3 Å². The second-order valence-corrected chi connectivity index (χ2v) is 7.11. The first kappa shape index (κ1) is 21.4. The molecule has 0 aromatic heterocycles. The number of likely N-dealkylation sites (N-methyl/N-ethyl adjacent to an activating group) is 1. The zero-order valence-corrected chi connectivity index (χ0v) is 17.4. The van der Waals surface area contributed by atoms with Crippen LogP contribution < -0.4 is 10.1 Å². The number of ether oxygens (including phenoxy) is 1. The van der Waals surface area contributed by atoms with Crippen molar-refractivity contribution in [1.82, 2.24) is 10.2 Å². The first-order valence-electron chi connectivity index (χ1n) is 9.57. The van der Waals surface area contributed by atoms with Crippen molar-refractivity contribution in [3.63, 3.8) is 0 Å². The van der Waals surface area contributed by atoms with E-state index in [4.69, 9.17) is 16.3 Å². The molecule has 0 unspecified atom stereocenters. The molecule has 1 N–H and O–H groups in total. The molecule has 0 aliphatic carbocycles. The molecule has 0 aliphatic heterocycles. The number of halogens is 1. The molecular weight excluding hydrogens is 400 g/mol. The standard InChI is InChI=1S/C24H23ClN2O3/c1-26-24(29)23(19-8-4-2-5-9-19)27(16-18-12-14-20(25)15-13-18)22(28)17-30-21-10-6-3-7-11-21/h2-15,23H,16-17H2,1H3,(H,26,29)/t23-/m1/s1. The number of hydrogen-bond acceptors (Lipinski definition) is 3. The number of carbonyl (C=O) groups excluding carboxylic acids is 2. The molecule has 3 rings (SSSR count). The molecule has 6 heteroatoms. The lowest BCUT2D eigenvalue weighted by Crippen LogP contribution is -2.44. The van der Waals surface area contributed by atoms with Crippen molar-refractivity contribution >= 4 is 23.4 Å². The highest BCUT2D eigenvalue weighted by atomic mass is 35.5. The van der Waals surface area contributed by atoms with Gasteiger partial charge in [0, 0.05) is 18.6 Å². The number of hydrogen-bond donors (Lipinski definition) is 1. The van der Waals surface area contributed by atoms with Crippen molar-refractivity contribution in [2.75, 3.05) is 13.7 Å². The van der Waals surface area contributed by atoms with Gasteiger partial charge in [-0.15, -0.1) is 0 Å². The van der Waals surface area contributed by atoms with E-state index in [9.17, 15) is 9.59 Å². The van der Waals surface area contributed by atoms with Gasteiger partial charge in [-0.1, -0.05) is 72.3 Å². The average Bonchev–Trinajstić information content (AvgIpc) is 2.79. The second-order valence-electron chi connectivity index (χ2n) is 6.68. The van der Waals surface area contributed by atoms with Crippen LogP contribution in [0.15, 0.2) is 84.9 Å². The number of amides is 2. The van der Waals surface area contributed by atoms with Crippen LogP contribution in [0.25, 0.3) is 0 Å². The van der Waals surface area contributed by atoms with Crippen LogP contribution in [0.4, 0.5) is 0 Å². The van der Waals surface area contributed by atoms with E-state index in [1.54, 1.807) is 31.3 Å². The Morgan fingerprint density at radius 2 is 1.53 bits per heavy atom. The van der Waals surface area contributed by atoms with E-state index in [0.29, 0.717) is 10.8 Å². The summed E-state index contributed by atoms with van der Waals surface area (Å²) in [6, 6.07) is 24.7. The summed E-state index contributed by atoms with van der Waals surface area (Å²) in [5.74, 6) is 0.0166. The van der Waals surface area contributed by atoms with Gasteiger partial charge in [0.25, 0.3) is 5.91 Å². The van der Waals surface area contributed by atoms with Crippen molar-refractivity contribution in [2.45, 2.75) is 12.6 Å². The third kappa shape index (κ3) is 5.61. The quantitative estimate of drug-likeness (QED) is 0.590. The molecule has 30 heavy (non-hydrogen) atoms. The number of rotatable bonds is 8. The maximum absolute atomic E-state index is 13.2. The number of nitrogens with zero attached hydrogens (tertiary/aromatic N) is 1. The van der Waals surface area contributed by atoms with Crippen molar-refractivity contribution in [3.8, 4) is 5.75 Å². The minimum absolute atomic E-state index is 0.183. The summed E-state index contributed by atoms with van der Waals surface area (Å²) in [5.41, 5.74) is 1.58. The Bertz CT molecular complexity index is 963. The summed E-state index contributed by atoms with van der Waals surface area (Å²) < 4.78 is 5.66. The first-order chi connectivity index (χ1) is 14.6. The summed E-state index contributed by atoms with van der Waals surface area (Å²) >= 11 is 5.99. The zero-order chi connectivity index (χ0) is 21.3. The predicted octanol–water partition coefficient (Wildman–Crippen LogP) is 4.23. The van der Waals surface area contributed by atoms with Gasteiger partial charge >= 0.3 is 0 Å². The molecule has 3 aromatic rings. The number of nitrogens with one attached hydrogen (secondary N) is 1. The number of para-hydroxylation sites is 1. The fourth-order valence-corrected chi connectivity index (χ4v) is 3.23. The zero-order valence-electron chi connectivity index (χ0n) is 16.6. The molecule has 2 amide bonds. The van der Waals surface area contributed by atoms with Gasteiger partial charge in [0.05, 0.1) is 0 Å². The summed E-state index contributed by atoms with van der Waals surface area (Å²) in [4.78, 5) is 27.6. The monoisotopic (exact) mass is 422 g/mol. The molecule has 154 valence electrons. The predicted molar refractivity (Wildman–Crippen MR) is 117 cm³/mol. The third-order valence-corrected chi connectivity index (χ3v) is 4.87. The maximum Gasteiger partial charge on any atom is 0.261 e. The first-order valence-corrected chi connectivity index (χ1v) is 9.94. The van der Waals surface area contributed by atoms with Gasteiger partial charge < -0.3 is 15.0 Å². The lowest BCUT2D eigenvalue weighted by molar-refractivity contribution is -0.143. The summed E-state index contributed by atoms with van der Waals surface area (Å²) in [7, 11) is 1.56. The van der Waals surface area contributed by atoms with Crippen molar-refractivity contribution in [3.05, 3.63) is 101 Å². The number of carbonyl (C=O) groups is 2. The Morgan fingerprint density at radius 3 is 2.13 bits per heavy atom. The molecule has 5 nitrogen and oxygen atoms in total. The Labute approximate surface area is 181 Å². The lowest BCUT2D eigenvalue weighted by atomic mass is 10.0. The lowest BCUT2D eigenvalue weighted by Gasteiger charge is -2.31. The highest BCUT2D eigenvalue weighted by Gasteiger charge is 2.31. The van der Waals surface area contributed by atoms with E-state index >= 15 is 0 Å². The Balaban J connectivity index is 1.90. The third-order valence-electron chi connectivity index (χ3n) is 4.61. The second kappa shape index (κ2) is 10.5. The van der Waals surface area contributed by atoms with Crippen LogP contribution in [0.5, 0.6) is 5.75 Å². The van der Waals surface area contributed by atoms with E-state index in [1.807, 2.05) is 60.7 Å². The van der Waals surface area contributed by atoms with E-state index in [2.05, 4.69) is 5.32 Å². The average molecular weight is 423 g/mol. The van der Waals surface area contributed by atoms with Gasteiger partial charge in [0.1, 0.15) is 11.8 Å². The molecule has 0 radical (unpaired) electrons. The highest BCUT2D eigenvalue weighted by molar-refractivity contribution is 6.30. The molecule has 0 fully saturated rings. The minimum Gasteiger partial charge on any atom is -0.484 e. The molecule has 0 bridgehead atoms. The Kier molecular flexibility index (Phi) is 7.46. The Hall–Kier alpha value is -3.31. The molecule has 0 aliphatic rings. The smallest absolute Gasteiger partial charge is 0.261 e. The van der Waals surface area contributed by atoms with Crippen LogP contribution >= 0.6 is 11.6 Å². The summed E-state index contributed by atoms with van der Waals surface area (Å²) in [5, 5.41) is 3.28. The van der Waals surface area contributed by atoms with Gasteiger partial charge in [0.15, 0.2) is 6.61 Å². The van der Waals surface area contributed by atoms with Crippen LogP contribution in [-0.2, 0) is 16.1 Å².